The van der Waals surface area contributed by atoms with Gasteiger partial charge in [0.1, 0.15) is 12.3 Å². The van der Waals surface area contributed by atoms with Crippen LogP contribution in [-0.2, 0) is 11.3 Å². The Hall–Kier alpha value is -1.83. The molecule has 114 valence electrons. The number of ether oxygens (including phenoxy) is 1. The van der Waals surface area contributed by atoms with Crippen LogP contribution in [0.25, 0.3) is 0 Å². The van der Waals surface area contributed by atoms with E-state index in [2.05, 4.69) is 10.1 Å². The molecule has 1 aliphatic heterocycles. The van der Waals surface area contributed by atoms with Crippen molar-refractivity contribution in [2.45, 2.75) is 13.2 Å². The predicted molar refractivity (Wildman–Crippen MR) is 74.3 cm³/mol. The Bertz CT molecular complexity index is 528. The Morgan fingerprint density at radius 3 is 2.86 bits per heavy atom. The predicted octanol–water partition coefficient (Wildman–Crippen LogP) is 2.07. The van der Waals surface area contributed by atoms with Gasteiger partial charge in [0.25, 0.3) is 5.24 Å². The fourth-order valence-electron chi connectivity index (χ4n) is 1.85. The molecule has 2 rings (SSSR count). The summed E-state index contributed by atoms with van der Waals surface area (Å²) in [5.41, 5.74) is 0.452. The number of nitrogens with one attached hydrogen (secondary N) is 1. The molecule has 1 aromatic carbocycles. The SMILES string of the molecule is O=C(CN1CCSC1=O)NCc1ccccc1OC(F)F. The van der Waals surface area contributed by atoms with Gasteiger partial charge >= 0.3 is 6.61 Å². The van der Waals surface area contributed by atoms with Crippen LogP contribution < -0.4 is 10.1 Å². The van der Waals surface area contributed by atoms with Crippen LogP contribution in [0.2, 0.25) is 0 Å². The van der Waals surface area contributed by atoms with Gasteiger partial charge in [-0.3, -0.25) is 9.59 Å². The van der Waals surface area contributed by atoms with Crippen molar-refractivity contribution in [1.29, 1.82) is 0 Å². The standard InChI is InChI=1S/C13H14F2N2O3S/c14-12(15)20-10-4-2-1-3-9(10)7-16-11(18)8-17-5-6-21-13(17)19/h1-4,12H,5-8H2,(H,16,18). The molecule has 0 aromatic heterocycles. The number of carbonyl (C=O) groups excluding carboxylic acids is 2. The first kappa shape index (κ1) is 15.6. The van der Waals surface area contributed by atoms with Crippen LogP contribution in [0.4, 0.5) is 13.6 Å². The van der Waals surface area contributed by atoms with E-state index in [0.29, 0.717) is 17.9 Å². The summed E-state index contributed by atoms with van der Waals surface area (Å²) < 4.78 is 28.9. The Balaban J connectivity index is 1.87. The number of benzene rings is 1. The quantitative estimate of drug-likeness (QED) is 0.873. The first-order valence-corrected chi connectivity index (χ1v) is 7.26. The molecule has 1 N–H and O–H groups in total. The normalized spacial score (nSPS) is 14.6. The van der Waals surface area contributed by atoms with Crippen molar-refractivity contribution in [3.63, 3.8) is 0 Å². The molecule has 0 radical (unpaired) electrons. The minimum Gasteiger partial charge on any atom is -0.434 e. The van der Waals surface area contributed by atoms with E-state index >= 15 is 0 Å². The van der Waals surface area contributed by atoms with Gasteiger partial charge in [-0.25, -0.2) is 0 Å². The summed E-state index contributed by atoms with van der Waals surface area (Å²) in [5, 5.41) is 2.47. The number of amides is 2. The first-order valence-electron chi connectivity index (χ1n) is 6.27. The molecule has 1 fully saturated rings. The number of alkyl halides is 2. The van der Waals surface area contributed by atoms with Crippen molar-refractivity contribution >= 4 is 22.9 Å². The zero-order valence-corrected chi connectivity index (χ0v) is 11.9. The van der Waals surface area contributed by atoms with E-state index in [1.807, 2.05) is 0 Å². The second-order valence-corrected chi connectivity index (χ2v) is 5.35. The third-order valence-corrected chi connectivity index (χ3v) is 3.74. The molecule has 0 saturated carbocycles. The molecular weight excluding hydrogens is 302 g/mol. The van der Waals surface area contributed by atoms with Crippen molar-refractivity contribution in [3.05, 3.63) is 29.8 Å². The molecule has 1 aromatic rings. The third kappa shape index (κ3) is 4.59. The van der Waals surface area contributed by atoms with Gasteiger partial charge < -0.3 is 15.0 Å². The molecule has 0 spiro atoms. The fraction of sp³-hybridized carbons (Fsp3) is 0.385. The zero-order valence-electron chi connectivity index (χ0n) is 11.1. The van der Waals surface area contributed by atoms with Gasteiger partial charge in [0.15, 0.2) is 0 Å². The maximum Gasteiger partial charge on any atom is 0.387 e. The minimum atomic E-state index is -2.92. The average molecular weight is 316 g/mol. The molecule has 1 aliphatic rings. The Morgan fingerprint density at radius 2 is 2.19 bits per heavy atom. The lowest BCUT2D eigenvalue weighted by Gasteiger charge is -2.15. The number of halogens is 2. The molecule has 0 unspecified atom stereocenters. The largest absolute Gasteiger partial charge is 0.434 e. The number of para-hydroxylation sites is 1. The Labute approximate surface area is 124 Å². The topological polar surface area (TPSA) is 58.6 Å². The number of hydrogen-bond acceptors (Lipinski definition) is 4. The van der Waals surface area contributed by atoms with Gasteiger partial charge in [0.2, 0.25) is 5.91 Å². The number of hydrogen-bond donors (Lipinski definition) is 1. The van der Waals surface area contributed by atoms with Crippen molar-refractivity contribution in [2.24, 2.45) is 0 Å². The Morgan fingerprint density at radius 1 is 1.43 bits per heavy atom. The van der Waals surface area contributed by atoms with E-state index in [0.717, 1.165) is 0 Å². The summed E-state index contributed by atoms with van der Waals surface area (Å²) in [6.45, 7) is -2.33. The van der Waals surface area contributed by atoms with E-state index in [4.69, 9.17) is 0 Å². The molecule has 0 atom stereocenters. The lowest BCUT2D eigenvalue weighted by molar-refractivity contribution is -0.121. The first-order chi connectivity index (χ1) is 10.1. The third-order valence-electron chi connectivity index (χ3n) is 2.84. The van der Waals surface area contributed by atoms with Crippen LogP contribution in [0.1, 0.15) is 5.56 Å². The zero-order chi connectivity index (χ0) is 15.2. The maximum absolute atomic E-state index is 12.3. The van der Waals surface area contributed by atoms with Crippen molar-refractivity contribution in [2.75, 3.05) is 18.8 Å². The number of rotatable bonds is 6. The minimum absolute atomic E-state index is 0.0241. The molecule has 1 heterocycles. The maximum atomic E-state index is 12.3. The van der Waals surface area contributed by atoms with Crippen molar-refractivity contribution in [1.82, 2.24) is 10.2 Å². The molecule has 0 bridgehead atoms. The summed E-state index contributed by atoms with van der Waals surface area (Å²) >= 11 is 1.17. The summed E-state index contributed by atoms with van der Waals surface area (Å²) in [6.07, 6.45) is 0. The molecule has 0 aliphatic carbocycles. The lowest BCUT2D eigenvalue weighted by atomic mass is 10.2. The summed E-state index contributed by atoms with van der Waals surface area (Å²) in [6, 6.07) is 6.24. The second kappa shape index (κ2) is 7.26. The second-order valence-electron chi connectivity index (χ2n) is 4.30. The number of carbonyl (C=O) groups is 2. The monoisotopic (exact) mass is 316 g/mol. The molecule has 8 heteroatoms. The van der Waals surface area contributed by atoms with Gasteiger partial charge in [-0.05, 0) is 6.07 Å². The fourth-order valence-corrected chi connectivity index (χ4v) is 2.68. The van der Waals surface area contributed by atoms with E-state index in [-0.39, 0.29) is 30.0 Å². The highest BCUT2D eigenvalue weighted by atomic mass is 32.2. The smallest absolute Gasteiger partial charge is 0.387 e. The van der Waals surface area contributed by atoms with Crippen LogP contribution in [-0.4, -0.2) is 41.5 Å². The summed E-state index contributed by atoms with van der Waals surface area (Å²) in [4.78, 5) is 24.6. The van der Waals surface area contributed by atoms with E-state index < -0.39 is 6.61 Å². The molecule has 5 nitrogen and oxygen atoms in total. The highest BCUT2D eigenvalue weighted by Gasteiger charge is 2.23. The van der Waals surface area contributed by atoms with Crippen molar-refractivity contribution < 1.29 is 23.1 Å². The summed E-state index contributed by atoms with van der Waals surface area (Å²) in [5.74, 6) is 0.371. The van der Waals surface area contributed by atoms with Gasteiger partial charge in [-0.15, -0.1) is 0 Å². The van der Waals surface area contributed by atoms with Crippen LogP contribution in [0, 0.1) is 0 Å². The highest BCUT2D eigenvalue weighted by Crippen LogP contribution is 2.20. The van der Waals surface area contributed by atoms with Gasteiger partial charge in [-0.2, -0.15) is 8.78 Å². The van der Waals surface area contributed by atoms with E-state index in [1.54, 1.807) is 18.2 Å². The van der Waals surface area contributed by atoms with Crippen LogP contribution in [0.15, 0.2) is 24.3 Å². The van der Waals surface area contributed by atoms with Gasteiger partial charge in [0.05, 0.1) is 0 Å². The van der Waals surface area contributed by atoms with Gasteiger partial charge in [0, 0.05) is 24.4 Å². The van der Waals surface area contributed by atoms with Crippen LogP contribution >= 0.6 is 11.8 Å². The van der Waals surface area contributed by atoms with Crippen LogP contribution in [0.3, 0.4) is 0 Å². The highest BCUT2D eigenvalue weighted by molar-refractivity contribution is 8.13. The van der Waals surface area contributed by atoms with Gasteiger partial charge in [-0.1, -0.05) is 30.0 Å². The molecule has 2 amide bonds. The lowest BCUT2D eigenvalue weighted by Crippen LogP contribution is -2.37. The molecular formula is C13H14F2N2O3S. The van der Waals surface area contributed by atoms with Crippen LogP contribution in [0.5, 0.6) is 5.75 Å². The number of nitrogens with zero attached hydrogens (tertiary/aromatic N) is 1. The summed E-state index contributed by atoms with van der Waals surface area (Å²) in [7, 11) is 0. The Kier molecular flexibility index (Phi) is 5.38. The molecule has 1 saturated heterocycles. The van der Waals surface area contributed by atoms with Crippen molar-refractivity contribution in [3.8, 4) is 5.75 Å². The average Bonchev–Trinajstić information content (AvgIpc) is 2.83. The molecule has 21 heavy (non-hydrogen) atoms. The van der Waals surface area contributed by atoms with E-state index in [1.165, 1.54) is 22.7 Å². The van der Waals surface area contributed by atoms with E-state index in [9.17, 15) is 18.4 Å². The number of thioether (sulfide) groups is 1.